The number of benzene rings is 1. The number of nitrogens with one attached hydrogen (secondary N) is 1. The fraction of sp³-hybridized carbons (Fsp3) is 0.588. The van der Waals surface area contributed by atoms with Crippen molar-refractivity contribution in [2.24, 2.45) is 11.8 Å². The van der Waals surface area contributed by atoms with Crippen molar-refractivity contribution in [2.75, 3.05) is 13.1 Å². The van der Waals surface area contributed by atoms with Gasteiger partial charge in [0.25, 0.3) is 0 Å². The van der Waals surface area contributed by atoms with Gasteiger partial charge in [0.05, 0.1) is 5.92 Å². The molecule has 1 aromatic rings. The minimum Gasteiger partial charge on any atom is -0.481 e. The van der Waals surface area contributed by atoms with Crippen molar-refractivity contribution in [3.8, 4) is 0 Å². The molecule has 1 fully saturated rings. The molecule has 0 saturated heterocycles. The summed E-state index contributed by atoms with van der Waals surface area (Å²) in [5.74, 6) is -0.0362. The summed E-state index contributed by atoms with van der Waals surface area (Å²) in [6.45, 7) is 2.09. The van der Waals surface area contributed by atoms with Gasteiger partial charge in [-0.25, -0.2) is 0 Å². The summed E-state index contributed by atoms with van der Waals surface area (Å²) in [7, 11) is 0. The van der Waals surface area contributed by atoms with Crippen LogP contribution in [0.5, 0.6) is 0 Å². The fourth-order valence-electron chi connectivity index (χ4n) is 2.98. The Kier molecular flexibility index (Phi) is 6.06. The summed E-state index contributed by atoms with van der Waals surface area (Å²) in [5, 5.41) is 12.5. The lowest BCUT2D eigenvalue weighted by atomic mass is 9.82. The third-order valence-corrected chi connectivity index (χ3v) is 4.29. The van der Waals surface area contributed by atoms with Crippen LogP contribution in [0.4, 0.5) is 0 Å². The van der Waals surface area contributed by atoms with E-state index in [-0.39, 0.29) is 5.92 Å². The standard InChI is InChI=1S/C17H25NO2/c19-17(20)16-10-8-15(9-11-16)13-18-12-4-7-14-5-2-1-3-6-14/h1-3,5-6,15-16,18H,4,7-13H2,(H,19,20). The van der Waals surface area contributed by atoms with Crippen molar-refractivity contribution in [2.45, 2.75) is 38.5 Å². The van der Waals surface area contributed by atoms with E-state index >= 15 is 0 Å². The highest BCUT2D eigenvalue weighted by Gasteiger charge is 2.25. The van der Waals surface area contributed by atoms with Gasteiger partial charge in [0, 0.05) is 0 Å². The van der Waals surface area contributed by atoms with Crippen LogP contribution >= 0.6 is 0 Å². The van der Waals surface area contributed by atoms with E-state index in [9.17, 15) is 4.79 Å². The van der Waals surface area contributed by atoms with Gasteiger partial charge < -0.3 is 10.4 Å². The van der Waals surface area contributed by atoms with Crippen LogP contribution < -0.4 is 5.32 Å². The minimum atomic E-state index is -0.612. The van der Waals surface area contributed by atoms with E-state index < -0.39 is 5.97 Å². The number of hydrogen-bond donors (Lipinski definition) is 2. The van der Waals surface area contributed by atoms with Crippen molar-refractivity contribution in [1.82, 2.24) is 5.32 Å². The third-order valence-electron chi connectivity index (χ3n) is 4.29. The molecule has 0 bridgehead atoms. The average Bonchev–Trinajstić information content (AvgIpc) is 2.48. The third kappa shape index (κ3) is 4.97. The van der Waals surface area contributed by atoms with Gasteiger partial charge in [-0.1, -0.05) is 30.3 Å². The second kappa shape index (κ2) is 8.05. The first kappa shape index (κ1) is 15.0. The molecule has 1 aromatic carbocycles. The maximum absolute atomic E-state index is 10.9. The van der Waals surface area contributed by atoms with Crippen LogP contribution in [0.1, 0.15) is 37.7 Å². The van der Waals surface area contributed by atoms with Crippen LogP contribution in [0.2, 0.25) is 0 Å². The van der Waals surface area contributed by atoms with Crippen LogP contribution in [0.15, 0.2) is 30.3 Å². The van der Waals surface area contributed by atoms with Gasteiger partial charge in [0.15, 0.2) is 0 Å². The predicted molar refractivity (Wildman–Crippen MR) is 80.7 cm³/mol. The number of carboxylic acid groups (broad SMARTS) is 1. The van der Waals surface area contributed by atoms with Crippen molar-refractivity contribution < 1.29 is 9.90 Å². The molecular weight excluding hydrogens is 250 g/mol. The molecule has 110 valence electrons. The lowest BCUT2D eigenvalue weighted by molar-refractivity contribution is -0.143. The summed E-state index contributed by atoms with van der Waals surface area (Å²) in [6, 6.07) is 10.6. The quantitative estimate of drug-likeness (QED) is 0.752. The molecule has 0 unspecified atom stereocenters. The van der Waals surface area contributed by atoms with E-state index in [0.29, 0.717) is 5.92 Å². The summed E-state index contributed by atoms with van der Waals surface area (Å²) < 4.78 is 0. The van der Waals surface area contributed by atoms with Crippen LogP contribution in [-0.2, 0) is 11.2 Å². The Morgan fingerprint density at radius 3 is 2.50 bits per heavy atom. The van der Waals surface area contributed by atoms with E-state index in [1.165, 1.54) is 5.56 Å². The second-order valence-electron chi connectivity index (χ2n) is 5.85. The largest absolute Gasteiger partial charge is 0.481 e. The van der Waals surface area contributed by atoms with Gasteiger partial charge in [-0.15, -0.1) is 0 Å². The highest BCUT2D eigenvalue weighted by Crippen LogP contribution is 2.28. The van der Waals surface area contributed by atoms with E-state index in [1.54, 1.807) is 0 Å². The molecule has 1 aliphatic rings. The SMILES string of the molecule is O=C(O)C1CCC(CNCCCc2ccccc2)CC1. The molecule has 1 saturated carbocycles. The first-order valence-electron chi connectivity index (χ1n) is 7.73. The van der Waals surface area contributed by atoms with E-state index in [0.717, 1.165) is 51.6 Å². The summed E-state index contributed by atoms with van der Waals surface area (Å²) in [5.41, 5.74) is 1.40. The van der Waals surface area contributed by atoms with E-state index in [4.69, 9.17) is 5.11 Å². The highest BCUT2D eigenvalue weighted by atomic mass is 16.4. The Bertz CT molecular complexity index is 397. The van der Waals surface area contributed by atoms with Gasteiger partial charge in [-0.05, 0) is 63.1 Å². The summed E-state index contributed by atoms with van der Waals surface area (Å²) in [4.78, 5) is 10.9. The number of hydrogen-bond acceptors (Lipinski definition) is 2. The zero-order valence-corrected chi connectivity index (χ0v) is 12.1. The van der Waals surface area contributed by atoms with Gasteiger partial charge in [-0.2, -0.15) is 0 Å². The first-order chi connectivity index (χ1) is 9.75. The van der Waals surface area contributed by atoms with Crippen LogP contribution in [0.3, 0.4) is 0 Å². The molecule has 0 aromatic heterocycles. The number of carbonyl (C=O) groups is 1. The molecular formula is C17H25NO2. The number of aliphatic carboxylic acids is 1. The monoisotopic (exact) mass is 275 g/mol. The maximum atomic E-state index is 10.9. The Balaban J connectivity index is 1.53. The molecule has 0 heterocycles. The maximum Gasteiger partial charge on any atom is 0.306 e. The zero-order valence-electron chi connectivity index (χ0n) is 12.1. The van der Waals surface area contributed by atoms with Crippen molar-refractivity contribution in [3.05, 3.63) is 35.9 Å². The van der Waals surface area contributed by atoms with E-state index in [2.05, 4.69) is 35.6 Å². The Morgan fingerprint density at radius 2 is 1.85 bits per heavy atom. The molecule has 3 heteroatoms. The molecule has 2 N–H and O–H groups in total. The van der Waals surface area contributed by atoms with E-state index in [1.807, 2.05) is 0 Å². The van der Waals surface area contributed by atoms with Gasteiger partial charge >= 0.3 is 5.97 Å². The number of rotatable bonds is 7. The van der Waals surface area contributed by atoms with Crippen LogP contribution in [-0.4, -0.2) is 24.2 Å². The van der Waals surface area contributed by atoms with Gasteiger partial charge in [0.2, 0.25) is 0 Å². The van der Waals surface area contributed by atoms with Crippen LogP contribution in [0, 0.1) is 11.8 Å². The lowest BCUT2D eigenvalue weighted by Gasteiger charge is -2.26. The molecule has 0 aliphatic heterocycles. The lowest BCUT2D eigenvalue weighted by Crippen LogP contribution is -2.29. The molecule has 20 heavy (non-hydrogen) atoms. The molecule has 0 amide bonds. The number of aryl methyl sites for hydroxylation is 1. The summed E-state index contributed by atoms with van der Waals surface area (Å²) >= 11 is 0. The molecule has 0 radical (unpaired) electrons. The molecule has 3 nitrogen and oxygen atoms in total. The fourth-order valence-corrected chi connectivity index (χ4v) is 2.98. The Labute approximate surface area is 121 Å². The zero-order chi connectivity index (χ0) is 14.2. The molecule has 0 spiro atoms. The Hall–Kier alpha value is -1.35. The Morgan fingerprint density at radius 1 is 1.15 bits per heavy atom. The molecule has 1 aliphatic carbocycles. The average molecular weight is 275 g/mol. The first-order valence-corrected chi connectivity index (χ1v) is 7.73. The van der Waals surface area contributed by atoms with Crippen molar-refractivity contribution in [3.63, 3.8) is 0 Å². The smallest absolute Gasteiger partial charge is 0.306 e. The van der Waals surface area contributed by atoms with Gasteiger partial charge in [0.1, 0.15) is 0 Å². The highest BCUT2D eigenvalue weighted by molar-refractivity contribution is 5.69. The minimum absolute atomic E-state index is 0.0932. The molecule has 0 atom stereocenters. The normalized spacial score (nSPS) is 22.6. The topological polar surface area (TPSA) is 49.3 Å². The summed E-state index contributed by atoms with van der Waals surface area (Å²) in [6.07, 6.45) is 6.11. The van der Waals surface area contributed by atoms with Crippen molar-refractivity contribution in [1.29, 1.82) is 0 Å². The predicted octanol–water partition coefficient (Wildman–Crippen LogP) is 3.10. The van der Waals surface area contributed by atoms with Crippen LogP contribution in [0.25, 0.3) is 0 Å². The second-order valence-corrected chi connectivity index (χ2v) is 5.85. The van der Waals surface area contributed by atoms with Gasteiger partial charge in [-0.3, -0.25) is 4.79 Å². The molecule has 2 rings (SSSR count). The van der Waals surface area contributed by atoms with Crippen molar-refractivity contribution >= 4 is 5.97 Å². The number of carboxylic acids is 1.